The lowest BCUT2D eigenvalue weighted by molar-refractivity contribution is -0.120. The molecule has 0 aromatic heterocycles. The fourth-order valence-corrected chi connectivity index (χ4v) is 1.65. The van der Waals surface area contributed by atoms with E-state index in [4.69, 9.17) is 5.11 Å². The van der Waals surface area contributed by atoms with Crippen molar-refractivity contribution in [1.29, 1.82) is 0 Å². The van der Waals surface area contributed by atoms with E-state index in [0.29, 0.717) is 5.92 Å². The van der Waals surface area contributed by atoms with Crippen LogP contribution >= 0.6 is 0 Å². The summed E-state index contributed by atoms with van der Waals surface area (Å²) in [6, 6.07) is 0. The van der Waals surface area contributed by atoms with Crippen molar-refractivity contribution in [2.75, 3.05) is 6.61 Å². The van der Waals surface area contributed by atoms with Crippen LogP contribution in [-0.2, 0) is 4.79 Å². The molecule has 12 heavy (non-hydrogen) atoms. The largest absolute Gasteiger partial charge is 0.392 e. The Balaban J connectivity index is 2.67. The quantitative estimate of drug-likeness (QED) is 0.679. The van der Waals surface area contributed by atoms with E-state index in [0.717, 1.165) is 18.4 Å². The topological polar surface area (TPSA) is 37.3 Å². The summed E-state index contributed by atoms with van der Waals surface area (Å²) in [5.41, 5.74) is 0.886. The molecular formula is C10H16O2. The molecule has 0 amide bonds. The van der Waals surface area contributed by atoms with Crippen LogP contribution in [0.1, 0.15) is 26.7 Å². The van der Waals surface area contributed by atoms with Crippen molar-refractivity contribution in [3.05, 3.63) is 11.6 Å². The van der Waals surface area contributed by atoms with Gasteiger partial charge in [0.25, 0.3) is 0 Å². The Hall–Kier alpha value is -0.630. The Morgan fingerprint density at radius 2 is 2.33 bits per heavy atom. The van der Waals surface area contributed by atoms with Crippen LogP contribution in [0.2, 0.25) is 0 Å². The van der Waals surface area contributed by atoms with Gasteiger partial charge in [0.15, 0.2) is 5.78 Å². The van der Waals surface area contributed by atoms with Crippen LogP contribution in [0, 0.1) is 11.8 Å². The summed E-state index contributed by atoms with van der Waals surface area (Å²) in [5, 5.41) is 8.81. The molecule has 2 nitrogen and oxygen atoms in total. The molecule has 1 aliphatic rings. The molecule has 0 bridgehead atoms. The highest BCUT2D eigenvalue weighted by Crippen LogP contribution is 2.26. The highest BCUT2D eigenvalue weighted by Gasteiger charge is 2.24. The van der Waals surface area contributed by atoms with Crippen molar-refractivity contribution in [2.45, 2.75) is 26.7 Å². The first-order valence-corrected chi connectivity index (χ1v) is 4.49. The molecule has 1 atom stereocenters. The summed E-state index contributed by atoms with van der Waals surface area (Å²) in [7, 11) is 0. The summed E-state index contributed by atoms with van der Waals surface area (Å²) < 4.78 is 0. The van der Waals surface area contributed by atoms with Gasteiger partial charge in [-0.2, -0.15) is 0 Å². The molecule has 0 saturated carbocycles. The molecule has 2 heteroatoms. The second-order valence-electron chi connectivity index (χ2n) is 3.75. The molecular weight excluding hydrogens is 152 g/mol. The molecule has 1 N–H and O–H groups in total. The standard InChI is InChI=1S/C10H16O2/c1-7(2)9-4-3-8(6-11)5-10(9)12/h5,7,9,11H,3-4,6H2,1-2H3. The molecule has 0 aliphatic heterocycles. The number of rotatable bonds is 2. The summed E-state index contributed by atoms with van der Waals surface area (Å²) in [5.74, 6) is 0.801. The Bertz CT molecular complexity index is 204. The molecule has 0 aromatic carbocycles. The molecule has 1 aliphatic carbocycles. The van der Waals surface area contributed by atoms with Crippen molar-refractivity contribution < 1.29 is 9.90 Å². The minimum Gasteiger partial charge on any atom is -0.392 e. The normalized spacial score (nSPS) is 24.5. The second-order valence-corrected chi connectivity index (χ2v) is 3.75. The first kappa shape index (κ1) is 9.46. The summed E-state index contributed by atoms with van der Waals surface area (Å²) in [6.45, 7) is 4.18. The molecule has 1 unspecified atom stereocenters. The minimum absolute atomic E-state index is 0.0382. The highest BCUT2D eigenvalue weighted by molar-refractivity contribution is 5.93. The van der Waals surface area contributed by atoms with Crippen molar-refractivity contribution in [1.82, 2.24) is 0 Å². The number of aliphatic hydroxyl groups is 1. The van der Waals surface area contributed by atoms with Crippen LogP contribution in [0.4, 0.5) is 0 Å². The number of hydrogen-bond acceptors (Lipinski definition) is 2. The van der Waals surface area contributed by atoms with Gasteiger partial charge in [0.1, 0.15) is 0 Å². The Labute approximate surface area is 73.3 Å². The molecule has 0 saturated heterocycles. The van der Waals surface area contributed by atoms with Crippen molar-refractivity contribution in [2.24, 2.45) is 11.8 Å². The number of hydrogen-bond donors (Lipinski definition) is 1. The Kier molecular flexibility index (Phi) is 3.04. The van der Waals surface area contributed by atoms with Gasteiger partial charge in [-0.1, -0.05) is 13.8 Å². The van der Waals surface area contributed by atoms with Crippen LogP contribution < -0.4 is 0 Å². The lowest BCUT2D eigenvalue weighted by Crippen LogP contribution is -2.23. The zero-order chi connectivity index (χ0) is 9.14. The van der Waals surface area contributed by atoms with Gasteiger partial charge in [0, 0.05) is 5.92 Å². The molecule has 0 fully saturated rings. The van der Waals surface area contributed by atoms with Gasteiger partial charge in [0.05, 0.1) is 6.61 Å². The third-order valence-corrected chi connectivity index (χ3v) is 2.50. The van der Waals surface area contributed by atoms with E-state index in [1.54, 1.807) is 6.08 Å². The first-order valence-electron chi connectivity index (χ1n) is 4.49. The molecule has 0 radical (unpaired) electrons. The predicted octanol–water partition coefficient (Wildman–Crippen LogP) is 1.54. The summed E-state index contributed by atoms with van der Waals surface area (Å²) >= 11 is 0. The Morgan fingerprint density at radius 1 is 1.67 bits per heavy atom. The lowest BCUT2D eigenvalue weighted by Gasteiger charge is -2.22. The SMILES string of the molecule is CC(C)C1CCC(CO)=CC1=O. The summed E-state index contributed by atoms with van der Waals surface area (Å²) in [6.07, 6.45) is 3.40. The highest BCUT2D eigenvalue weighted by atomic mass is 16.3. The maximum Gasteiger partial charge on any atom is 0.159 e. The van der Waals surface area contributed by atoms with Gasteiger partial charge in [-0.05, 0) is 30.4 Å². The molecule has 68 valence electrons. The monoisotopic (exact) mass is 168 g/mol. The van der Waals surface area contributed by atoms with E-state index in [2.05, 4.69) is 13.8 Å². The van der Waals surface area contributed by atoms with Crippen molar-refractivity contribution in [3.63, 3.8) is 0 Å². The van der Waals surface area contributed by atoms with Crippen LogP contribution in [0.25, 0.3) is 0 Å². The molecule has 0 aromatic rings. The van der Waals surface area contributed by atoms with E-state index in [9.17, 15) is 4.79 Å². The first-order chi connectivity index (χ1) is 5.65. The van der Waals surface area contributed by atoms with E-state index in [-0.39, 0.29) is 18.3 Å². The number of carbonyl (C=O) groups excluding carboxylic acids is 1. The summed E-state index contributed by atoms with van der Waals surface area (Å²) in [4.78, 5) is 11.4. The molecule has 0 heterocycles. The van der Waals surface area contributed by atoms with Gasteiger partial charge < -0.3 is 5.11 Å². The zero-order valence-corrected chi connectivity index (χ0v) is 7.71. The number of allylic oxidation sites excluding steroid dienone is 1. The maximum absolute atomic E-state index is 11.4. The van der Waals surface area contributed by atoms with Gasteiger partial charge in [0.2, 0.25) is 0 Å². The van der Waals surface area contributed by atoms with E-state index in [1.165, 1.54) is 0 Å². The van der Waals surface area contributed by atoms with Crippen LogP contribution in [-0.4, -0.2) is 17.5 Å². The van der Waals surface area contributed by atoms with Gasteiger partial charge >= 0.3 is 0 Å². The van der Waals surface area contributed by atoms with Gasteiger partial charge in [-0.15, -0.1) is 0 Å². The number of aliphatic hydroxyl groups excluding tert-OH is 1. The maximum atomic E-state index is 11.4. The van der Waals surface area contributed by atoms with Crippen LogP contribution in [0.3, 0.4) is 0 Å². The van der Waals surface area contributed by atoms with Gasteiger partial charge in [-0.25, -0.2) is 0 Å². The fourth-order valence-electron chi connectivity index (χ4n) is 1.65. The third kappa shape index (κ3) is 1.95. The fraction of sp³-hybridized carbons (Fsp3) is 0.700. The number of ketones is 1. The smallest absolute Gasteiger partial charge is 0.159 e. The minimum atomic E-state index is 0.0382. The Morgan fingerprint density at radius 3 is 2.75 bits per heavy atom. The third-order valence-electron chi connectivity index (χ3n) is 2.50. The van der Waals surface area contributed by atoms with E-state index < -0.39 is 0 Å². The van der Waals surface area contributed by atoms with E-state index in [1.807, 2.05) is 0 Å². The van der Waals surface area contributed by atoms with Crippen LogP contribution in [0.15, 0.2) is 11.6 Å². The van der Waals surface area contributed by atoms with Crippen LogP contribution in [0.5, 0.6) is 0 Å². The zero-order valence-electron chi connectivity index (χ0n) is 7.71. The molecule has 1 rings (SSSR count). The van der Waals surface area contributed by atoms with Crippen molar-refractivity contribution in [3.8, 4) is 0 Å². The van der Waals surface area contributed by atoms with Gasteiger partial charge in [-0.3, -0.25) is 4.79 Å². The van der Waals surface area contributed by atoms with E-state index >= 15 is 0 Å². The average Bonchev–Trinajstić information content (AvgIpc) is 2.03. The number of carbonyl (C=O) groups is 1. The predicted molar refractivity (Wildman–Crippen MR) is 47.7 cm³/mol. The van der Waals surface area contributed by atoms with Crippen molar-refractivity contribution >= 4 is 5.78 Å². The lowest BCUT2D eigenvalue weighted by atomic mass is 9.81. The average molecular weight is 168 g/mol. The molecule has 0 spiro atoms. The second kappa shape index (κ2) is 3.85.